The minimum absolute atomic E-state index is 0.204. The molecule has 0 saturated heterocycles. The standard InChI is InChI=1S/C12H17FN2O3/c1-2-8-18-9-4-7-14-11-6-3-5-10(13)12(11)15(16)17/h3,5-6,14H,2,4,7-9H2,1H3. The smallest absolute Gasteiger partial charge is 0.327 e. The molecule has 18 heavy (non-hydrogen) atoms. The molecule has 0 amide bonds. The van der Waals surface area contributed by atoms with Crippen LogP contribution < -0.4 is 5.32 Å². The van der Waals surface area contributed by atoms with Gasteiger partial charge in [-0.15, -0.1) is 0 Å². The van der Waals surface area contributed by atoms with E-state index < -0.39 is 16.4 Å². The molecular weight excluding hydrogens is 239 g/mol. The van der Waals surface area contributed by atoms with Crippen LogP contribution in [0, 0.1) is 15.9 Å². The van der Waals surface area contributed by atoms with Crippen molar-refractivity contribution < 1.29 is 14.1 Å². The van der Waals surface area contributed by atoms with E-state index in [1.54, 1.807) is 0 Å². The van der Waals surface area contributed by atoms with E-state index in [1.165, 1.54) is 12.1 Å². The van der Waals surface area contributed by atoms with Gasteiger partial charge in [0.05, 0.1) is 4.92 Å². The van der Waals surface area contributed by atoms with Crippen molar-refractivity contribution in [1.29, 1.82) is 0 Å². The van der Waals surface area contributed by atoms with Crippen LogP contribution >= 0.6 is 0 Å². The van der Waals surface area contributed by atoms with Gasteiger partial charge in [-0.3, -0.25) is 10.1 Å². The van der Waals surface area contributed by atoms with Gasteiger partial charge in [0.2, 0.25) is 5.82 Å². The molecular formula is C12H17FN2O3. The second-order valence-electron chi connectivity index (χ2n) is 3.79. The number of halogens is 1. The Morgan fingerprint density at radius 1 is 1.44 bits per heavy atom. The van der Waals surface area contributed by atoms with Crippen LogP contribution in [0.2, 0.25) is 0 Å². The molecule has 1 aromatic rings. The number of benzene rings is 1. The first-order valence-electron chi connectivity index (χ1n) is 5.91. The molecule has 0 unspecified atom stereocenters. The van der Waals surface area contributed by atoms with Crippen molar-refractivity contribution in [2.45, 2.75) is 19.8 Å². The number of nitrogens with one attached hydrogen (secondary N) is 1. The first-order valence-corrected chi connectivity index (χ1v) is 5.91. The fourth-order valence-corrected chi connectivity index (χ4v) is 1.49. The third kappa shape index (κ3) is 4.29. The lowest BCUT2D eigenvalue weighted by Gasteiger charge is -2.07. The van der Waals surface area contributed by atoms with E-state index >= 15 is 0 Å². The quantitative estimate of drug-likeness (QED) is 0.441. The molecule has 0 aliphatic rings. The van der Waals surface area contributed by atoms with Gasteiger partial charge in [-0.2, -0.15) is 4.39 Å². The number of para-hydroxylation sites is 1. The van der Waals surface area contributed by atoms with Crippen molar-refractivity contribution in [3.8, 4) is 0 Å². The summed E-state index contributed by atoms with van der Waals surface area (Å²) in [6.07, 6.45) is 1.68. The van der Waals surface area contributed by atoms with E-state index in [0.29, 0.717) is 26.2 Å². The summed E-state index contributed by atoms with van der Waals surface area (Å²) in [4.78, 5) is 10.0. The van der Waals surface area contributed by atoms with E-state index in [2.05, 4.69) is 5.32 Å². The van der Waals surface area contributed by atoms with Crippen molar-refractivity contribution in [1.82, 2.24) is 0 Å². The van der Waals surface area contributed by atoms with Crippen LogP contribution in [-0.4, -0.2) is 24.7 Å². The normalized spacial score (nSPS) is 10.3. The number of nitrogens with zero attached hydrogens (tertiary/aromatic N) is 1. The summed E-state index contributed by atoms with van der Waals surface area (Å²) in [5.74, 6) is -0.827. The van der Waals surface area contributed by atoms with Crippen molar-refractivity contribution in [2.75, 3.05) is 25.1 Å². The Hall–Kier alpha value is -1.69. The molecule has 0 radical (unpaired) electrons. The molecule has 1 aromatic carbocycles. The predicted molar refractivity (Wildman–Crippen MR) is 67.3 cm³/mol. The number of nitro groups is 1. The highest BCUT2D eigenvalue weighted by molar-refractivity contribution is 5.61. The first-order chi connectivity index (χ1) is 8.66. The predicted octanol–water partition coefficient (Wildman–Crippen LogP) is 2.96. The minimum atomic E-state index is -0.827. The molecule has 0 aromatic heterocycles. The first kappa shape index (κ1) is 14.4. The van der Waals surface area contributed by atoms with Gasteiger partial charge in [0, 0.05) is 19.8 Å². The van der Waals surface area contributed by atoms with Crippen LogP contribution in [0.25, 0.3) is 0 Å². The molecule has 0 aliphatic carbocycles. The lowest BCUT2D eigenvalue weighted by molar-refractivity contribution is -0.386. The molecule has 5 nitrogen and oxygen atoms in total. The second kappa shape index (κ2) is 7.60. The SMILES string of the molecule is CCCOCCCNc1cccc(F)c1[N+](=O)[O-]. The Bertz CT molecular complexity index is 399. The minimum Gasteiger partial charge on any atom is -0.381 e. The summed E-state index contributed by atoms with van der Waals surface area (Å²) in [5.41, 5.74) is -0.303. The maximum Gasteiger partial charge on any atom is 0.327 e. The zero-order chi connectivity index (χ0) is 13.4. The monoisotopic (exact) mass is 256 g/mol. The number of anilines is 1. The van der Waals surface area contributed by atoms with Crippen molar-refractivity contribution in [3.05, 3.63) is 34.1 Å². The Morgan fingerprint density at radius 3 is 2.89 bits per heavy atom. The van der Waals surface area contributed by atoms with Gasteiger partial charge in [-0.1, -0.05) is 13.0 Å². The fraction of sp³-hybridized carbons (Fsp3) is 0.500. The largest absolute Gasteiger partial charge is 0.381 e. The summed E-state index contributed by atoms with van der Waals surface area (Å²) >= 11 is 0. The number of hydrogen-bond acceptors (Lipinski definition) is 4. The highest BCUT2D eigenvalue weighted by Crippen LogP contribution is 2.26. The average Bonchev–Trinajstić information content (AvgIpc) is 2.33. The number of hydrogen-bond donors (Lipinski definition) is 1. The molecule has 6 heteroatoms. The number of nitro benzene ring substituents is 1. The molecule has 0 bridgehead atoms. The van der Waals surface area contributed by atoms with Gasteiger partial charge in [-0.25, -0.2) is 0 Å². The zero-order valence-corrected chi connectivity index (χ0v) is 10.3. The van der Waals surface area contributed by atoms with E-state index in [0.717, 1.165) is 12.5 Å². The van der Waals surface area contributed by atoms with Crippen LogP contribution in [0.4, 0.5) is 15.8 Å². The molecule has 0 atom stereocenters. The summed E-state index contributed by atoms with van der Waals surface area (Å²) in [6, 6.07) is 4.01. The van der Waals surface area contributed by atoms with Crippen molar-refractivity contribution in [2.24, 2.45) is 0 Å². The lowest BCUT2D eigenvalue weighted by Crippen LogP contribution is -2.08. The second-order valence-corrected chi connectivity index (χ2v) is 3.79. The Balaban J connectivity index is 2.47. The zero-order valence-electron chi connectivity index (χ0n) is 10.3. The van der Waals surface area contributed by atoms with Crippen LogP contribution in [0.5, 0.6) is 0 Å². The molecule has 0 heterocycles. The van der Waals surface area contributed by atoms with Gasteiger partial charge >= 0.3 is 5.69 Å². The Labute approximate surface area is 105 Å². The summed E-state index contributed by atoms with van der Waals surface area (Å²) in [7, 11) is 0. The van der Waals surface area contributed by atoms with E-state index in [-0.39, 0.29) is 5.69 Å². The molecule has 0 fully saturated rings. The number of rotatable bonds is 8. The van der Waals surface area contributed by atoms with Crippen molar-refractivity contribution >= 4 is 11.4 Å². The van der Waals surface area contributed by atoms with Crippen LogP contribution in [0.3, 0.4) is 0 Å². The third-order valence-electron chi connectivity index (χ3n) is 2.30. The number of ether oxygens (including phenoxy) is 1. The maximum atomic E-state index is 13.3. The molecule has 0 aliphatic heterocycles. The summed E-state index contributed by atoms with van der Waals surface area (Å²) in [5, 5.41) is 13.6. The van der Waals surface area contributed by atoms with Crippen molar-refractivity contribution in [3.63, 3.8) is 0 Å². The molecule has 0 saturated carbocycles. The summed E-state index contributed by atoms with van der Waals surface area (Å²) < 4.78 is 18.5. The molecule has 1 rings (SSSR count). The highest BCUT2D eigenvalue weighted by Gasteiger charge is 2.18. The van der Waals surface area contributed by atoms with E-state index in [1.807, 2.05) is 6.92 Å². The van der Waals surface area contributed by atoms with Gasteiger partial charge in [0.25, 0.3) is 0 Å². The molecule has 100 valence electrons. The van der Waals surface area contributed by atoms with Gasteiger partial charge < -0.3 is 10.1 Å². The summed E-state index contributed by atoms with van der Waals surface area (Å²) in [6.45, 7) is 3.83. The average molecular weight is 256 g/mol. The topological polar surface area (TPSA) is 64.4 Å². The van der Waals surface area contributed by atoms with Crippen LogP contribution in [-0.2, 0) is 4.74 Å². The van der Waals surface area contributed by atoms with Gasteiger partial charge in [-0.05, 0) is 25.0 Å². The lowest BCUT2D eigenvalue weighted by atomic mass is 10.2. The fourth-order valence-electron chi connectivity index (χ4n) is 1.49. The van der Waals surface area contributed by atoms with Gasteiger partial charge in [0.1, 0.15) is 5.69 Å². The third-order valence-corrected chi connectivity index (χ3v) is 2.30. The highest BCUT2D eigenvalue weighted by atomic mass is 19.1. The maximum absolute atomic E-state index is 13.3. The van der Waals surface area contributed by atoms with E-state index in [4.69, 9.17) is 4.74 Å². The van der Waals surface area contributed by atoms with Crippen LogP contribution in [0.1, 0.15) is 19.8 Å². The Morgan fingerprint density at radius 2 is 2.22 bits per heavy atom. The molecule has 0 spiro atoms. The van der Waals surface area contributed by atoms with E-state index in [9.17, 15) is 14.5 Å². The Kier molecular flexibility index (Phi) is 6.07. The van der Waals surface area contributed by atoms with Crippen LogP contribution in [0.15, 0.2) is 18.2 Å². The molecule has 1 N–H and O–H groups in total. The van der Waals surface area contributed by atoms with Gasteiger partial charge in [0.15, 0.2) is 0 Å².